The van der Waals surface area contributed by atoms with Crippen LogP contribution in [0.25, 0.3) is 10.8 Å². The summed E-state index contributed by atoms with van der Waals surface area (Å²) in [5.74, 6) is -0.637. The van der Waals surface area contributed by atoms with Crippen LogP contribution >= 0.6 is 23.5 Å². The van der Waals surface area contributed by atoms with Crippen LogP contribution in [0.3, 0.4) is 0 Å². The van der Waals surface area contributed by atoms with E-state index in [-0.39, 0.29) is 128 Å². The molecule has 19 nitrogen and oxygen atoms in total. The molecule has 3 N–H and O–H groups in total. The maximum atomic E-state index is 12.2. The van der Waals surface area contributed by atoms with Crippen molar-refractivity contribution in [2.24, 2.45) is 10.2 Å². The minimum absolute atomic E-state index is 0. The van der Waals surface area contributed by atoms with Crippen molar-refractivity contribution in [1.29, 1.82) is 0 Å². The van der Waals surface area contributed by atoms with Crippen molar-refractivity contribution in [2.75, 3.05) is 35.4 Å². The molecule has 4 rings (SSSR count). The van der Waals surface area contributed by atoms with E-state index in [1.807, 2.05) is 0 Å². The first kappa shape index (κ1) is 48.6. The molecular weight excluding hydrogens is 855 g/mol. The zero-order chi connectivity index (χ0) is 38.5. The van der Waals surface area contributed by atoms with Gasteiger partial charge in [0.15, 0.2) is 10.3 Å². The molecule has 0 aliphatic heterocycles. The molecule has 0 aliphatic carbocycles. The SMILES string of the molecule is COc1cc(N=Nc2cc(S(=O)(=O)O)c3cccc(S(=O)(=O)O)c3c2)c(C)cc1Nc1nc(SCCCS(=O)(=O)[O-])nc(SCCCS(=O)(=O)[O-])n1.[Na+].[Na+]. The van der Waals surface area contributed by atoms with Crippen LogP contribution < -0.4 is 69.2 Å². The van der Waals surface area contributed by atoms with Crippen LogP contribution in [0.15, 0.2) is 72.8 Å². The van der Waals surface area contributed by atoms with Crippen molar-refractivity contribution in [2.45, 2.75) is 39.9 Å². The van der Waals surface area contributed by atoms with E-state index in [4.69, 9.17) is 4.74 Å². The number of benzene rings is 3. The van der Waals surface area contributed by atoms with Crippen molar-refractivity contribution >= 4 is 97.8 Å². The van der Waals surface area contributed by atoms with E-state index in [1.165, 1.54) is 31.4 Å². The Morgan fingerprint density at radius 2 is 1.31 bits per heavy atom. The van der Waals surface area contributed by atoms with E-state index in [0.717, 1.165) is 35.7 Å². The Labute approximate surface area is 364 Å². The number of azo groups is 1. The number of thioether (sulfide) groups is 2. The van der Waals surface area contributed by atoms with Crippen LogP contribution in [0.1, 0.15) is 18.4 Å². The third-order valence-electron chi connectivity index (χ3n) is 6.63. The number of aromatic nitrogens is 3. The van der Waals surface area contributed by atoms with Crippen molar-refractivity contribution in [1.82, 2.24) is 15.0 Å². The number of nitrogens with one attached hydrogen (secondary N) is 1. The molecule has 0 amide bonds. The van der Waals surface area contributed by atoms with Crippen LogP contribution in [0.2, 0.25) is 0 Å². The number of hydrogen-bond donors (Lipinski definition) is 3. The molecular formula is C27H28N6Na2O13S6. The van der Waals surface area contributed by atoms with Gasteiger partial charge >= 0.3 is 59.1 Å². The average Bonchev–Trinajstić information content (AvgIpc) is 3.02. The number of fused-ring (bicyclic) bond motifs is 1. The number of aryl methyl sites for hydroxylation is 1. The zero-order valence-electron chi connectivity index (χ0n) is 28.9. The first-order valence-electron chi connectivity index (χ1n) is 14.4. The summed E-state index contributed by atoms with van der Waals surface area (Å²) in [5.41, 5.74) is 0.836. The fourth-order valence-corrected chi connectivity index (χ4v) is 8.80. The van der Waals surface area contributed by atoms with Crippen LogP contribution in [0, 0.1) is 6.92 Å². The number of anilines is 2. The Morgan fingerprint density at radius 3 is 1.81 bits per heavy atom. The smallest absolute Gasteiger partial charge is 0.748 e. The standard InChI is InChI=1S/C27H30N6O13S6.2Na/c1-16-12-21(28-25-29-26(47-8-4-10-49(34,35)36)31-27(30-25)48-9-5-11-50(37,38)39)22(46-2)15-20(16)33-32-17-13-19-18(24(14-17)52(43,44)45)6-3-7-23(19)51(40,41)42;;/h3,6-7,12-15H,4-5,8-11H2,1-2H3,(H,34,35,36)(H,37,38,39)(H,40,41,42)(H,43,44,45)(H,28,29,30,31);;/q;2*+1/p-2. The fraction of sp³-hybridized carbons (Fsp3) is 0.296. The van der Waals surface area contributed by atoms with Gasteiger partial charge in [-0.15, -0.1) is 0 Å². The van der Waals surface area contributed by atoms with Gasteiger partial charge in [-0.25, -0.2) is 16.8 Å². The molecule has 54 heavy (non-hydrogen) atoms. The summed E-state index contributed by atoms with van der Waals surface area (Å²) in [4.78, 5) is 11.6. The topological polar surface area (TPSA) is 308 Å². The van der Waals surface area contributed by atoms with Crippen molar-refractivity contribution in [3.05, 3.63) is 48.0 Å². The monoisotopic (exact) mass is 882 g/mol. The molecule has 27 heteroatoms. The maximum absolute atomic E-state index is 12.2. The molecule has 0 spiro atoms. The van der Waals surface area contributed by atoms with Crippen LogP contribution in [0.4, 0.5) is 23.0 Å². The van der Waals surface area contributed by atoms with E-state index in [1.54, 1.807) is 13.0 Å². The van der Waals surface area contributed by atoms with Gasteiger partial charge in [0.25, 0.3) is 20.2 Å². The normalized spacial score (nSPS) is 12.3. The van der Waals surface area contributed by atoms with Gasteiger partial charge in [0.1, 0.15) is 15.5 Å². The van der Waals surface area contributed by atoms with E-state index in [0.29, 0.717) is 11.3 Å². The molecule has 1 heterocycles. The second-order valence-electron chi connectivity index (χ2n) is 10.6. The average molecular weight is 883 g/mol. The Balaban J connectivity index is 0.00000504. The third kappa shape index (κ3) is 14.8. The minimum atomic E-state index is -4.88. The van der Waals surface area contributed by atoms with Gasteiger partial charge in [0.2, 0.25) is 5.95 Å². The maximum Gasteiger partial charge on any atom is 1.00 e. The van der Waals surface area contributed by atoms with E-state index in [9.17, 15) is 51.9 Å². The van der Waals surface area contributed by atoms with Gasteiger partial charge in [-0.2, -0.15) is 42.0 Å². The predicted molar refractivity (Wildman–Crippen MR) is 188 cm³/mol. The van der Waals surface area contributed by atoms with Crippen LogP contribution in [-0.2, 0) is 40.5 Å². The Kier molecular flexibility index (Phi) is 18.2. The van der Waals surface area contributed by atoms with Crippen LogP contribution in [-0.4, -0.2) is 97.0 Å². The quantitative estimate of drug-likeness (QED) is 0.0341. The molecule has 0 fully saturated rings. The van der Waals surface area contributed by atoms with Crippen molar-refractivity contribution in [3.8, 4) is 5.75 Å². The molecule has 3 aromatic carbocycles. The Morgan fingerprint density at radius 1 is 0.759 bits per heavy atom. The van der Waals surface area contributed by atoms with Gasteiger partial charge in [0, 0.05) is 39.9 Å². The molecule has 0 radical (unpaired) electrons. The molecule has 0 saturated carbocycles. The summed E-state index contributed by atoms with van der Waals surface area (Å²) in [6, 6.07) is 8.66. The van der Waals surface area contributed by atoms with Gasteiger partial charge < -0.3 is 19.2 Å². The number of hydrogen-bond acceptors (Lipinski definition) is 19. The van der Waals surface area contributed by atoms with Crippen molar-refractivity contribution in [3.63, 3.8) is 0 Å². The molecule has 4 aromatic rings. The minimum Gasteiger partial charge on any atom is -0.748 e. The van der Waals surface area contributed by atoms with Gasteiger partial charge in [0.05, 0.1) is 44.4 Å². The van der Waals surface area contributed by atoms with Gasteiger partial charge in [-0.1, -0.05) is 35.7 Å². The number of methoxy groups -OCH3 is 1. The van der Waals surface area contributed by atoms with E-state index in [2.05, 4.69) is 30.5 Å². The van der Waals surface area contributed by atoms with E-state index < -0.39 is 61.8 Å². The molecule has 0 bridgehead atoms. The molecule has 282 valence electrons. The second-order valence-corrected chi connectivity index (χ2v) is 18.5. The largest absolute Gasteiger partial charge is 1.00 e. The van der Waals surface area contributed by atoms with Crippen molar-refractivity contribution < 1.29 is 116 Å². The number of rotatable bonds is 17. The van der Waals surface area contributed by atoms with Gasteiger partial charge in [-0.3, -0.25) is 9.11 Å². The Bertz CT molecular complexity index is 2420. The zero-order valence-corrected chi connectivity index (χ0v) is 37.8. The second kappa shape index (κ2) is 20.2. The third-order valence-corrected chi connectivity index (χ3v) is 11.9. The predicted octanol–water partition coefficient (Wildman–Crippen LogP) is -1.94. The summed E-state index contributed by atoms with van der Waals surface area (Å²) < 4.78 is 139. The number of ether oxygens (including phenoxy) is 1. The number of nitrogens with zero attached hydrogens (tertiary/aromatic N) is 5. The Hall–Kier alpha value is -1.53. The summed E-state index contributed by atoms with van der Waals surface area (Å²) in [5, 5.41) is 11.1. The molecule has 0 aliphatic rings. The van der Waals surface area contributed by atoms with Crippen LogP contribution in [0.5, 0.6) is 5.75 Å². The molecule has 1 aromatic heterocycles. The summed E-state index contributed by atoms with van der Waals surface area (Å²) in [6.45, 7) is 1.64. The summed E-state index contributed by atoms with van der Waals surface area (Å²) >= 11 is 2.09. The molecule has 0 unspecified atom stereocenters. The summed E-state index contributed by atoms with van der Waals surface area (Å²) in [6.07, 6.45) is 0.0473. The summed E-state index contributed by atoms with van der Waals surface area (Å²) in [7, 11) is -17.2. The molecule has 0 saturated heterocycles. The molecule has 0 atom stereocenters. The van der Waals surface area contributed by atoms with E-state index >= 15 is 0 Å². The first-order valence-corrected chi connectivity index (χ1v) is 22.4. The first-order chi connectivity index (χ1) is 24.1. The van der Waals surface area contributed by atoms with Gasteiger partial charge in [-0.05, 0) is 49.6 Å². The fourth-order valence-electron chi connectivity index (χ4n) is 4.41.